The van der Waals surface area contributed by atoms with Gasteiger partial charge in [0, 0.05) is 44.0 Å². The van der Waals surface area contributed by atoms with E-state index < -0.39 is 5.82 Å². The van der Waals surface area contributed by atoms with E-state index in [1.165, 1.54) is 23.5 Å². The number of hydrogen-bond donors (Lipinski definition) is 1. The molecular formula is C19H17FN4O2S. The predicted octanol–water partition coefficient (Wildman–Crippen LogP) is 2.82. The van der Waals surface area contributed by atoms with E-state index >= 15 is 0 Å². The first-order valence-electron chi connectivity index (χ1n) is 8.59. The Morgan fingerprint density at radius 3 is 2.81 bits per heavy atom. The zero-order chi connectivity index (χ0) is 19.0. The van der Waals surface area contributed by atoms with E-state index in [9.17, 15) is 14.0 Å². The number of nitrogens with one attached hydrogen (secondary N) is 1. The van der Waals surface area contributed by atoms with E-state index in [1.54, 1.807) is 36.5 Å². The Bertz CT molecular complexity index is 1040. The Kier molecular flexibility index (Phi) is 4.57. The highest BCUT2D eigenvalue weighted by Crippen LogP contribution is 2.38. The van der Waals surface area contributed by atoms with Crippen LogP contribution in [-0.4, -0.2) is 46.8 Å². The number of rotatable bonds is 3. The van der Waals surface area contributed by atoms with Gasteiger partial charge in [-0.1, -0.05) is 12.1 Å². The lowest BCUT2D eigenvalue weighted by Gasteiger charge is -2.17. The summed E-state index contributed by atoms with van der Waals surface area (Å²) in [6, 6.07) is 5.99. The minimum absolute atomic E-state index is 0.0431. The molecular weight excluding hydrogens is 367 g/mol. The fourth-order valence-corrected chi connectivity index (χ4v) is 4.62. The van der Waals surface area contributed by atoms with Crippen LogP contribution in [0, 0.1) is 5.82 Å². The first-order chi connectivity index (χ1) is 13.1. The number of nitrogens with zero attached hydrogens (tertiary/aromatic N) is 3. The number of fused-ring (bicyclic) bond motifs is 1. The molecule has 1 unspecified atom stereocenters. The van der Waals surface area contributed by atoms with Gasteiger partial charge in [0.25, 0.3) is 11.8 Å². The van der Waals surface area contributed by atoms with Gasteiger partial charge in [-0.2, -0.15) is 0 Å². The molecule has 3 aromatic rings. The molecule has 1 aromatic carbocycles. The first-order valence-corrected chi connectivity index (χ1v) is 9.41. The fourth-order valence-electron chi connectivity index (χ4n) is 3.49. The second kappa shape index (κ2) is 7.03. The number of thiophene rings is 1. The van der Waals surface area contributed by atoms with Crippen LogP contribution < -0.4 is 5.32 Å². The van der Waals surface area contributed by atoms with Crippen LogP contribution in [0.4, 0.5) is 4.39 Å². The lowest BCUT2D eigenvalue weighted by atomic mass is 9.97. The smallest absolute Gasteiger partial charge is 0.261 e. The Balaban J connectivity index is 1.67. The third kappa shape index (κ3) is 3.06. The summed E-state index contributed by atoms with van der Waals surface area (Å²) in [6.07, 6.45) is 3.88. The number of likely N-dealkylation sites (tertiary alicyclic amines) is 1. The van der Waals surface area contributed by atoms with E-state index in [-0.39, 0.29) is 23.3 Å². The summed E-state index contributed by atoms with van der Waals surface area (Å²) in [5.41, 5.74) is 1.59. The molecule has 4 rings (SSSR count). The van der Waals surface area contributed by atoms with E-state index in [1.807, 2.05) is 0 Å². The molecule has 6 nitrogen and oxygen atoms in total. The SMILES string of the molecule is CNC(=O)c1sc2nccnc2c1C1CCN(C(=O)c2ccccc2F)C1. The van der Waals surface area contributed by atoms with Crippen LogP contribution in [0.1, 0.15) is 37.9 Å². The molecule has 1 aliphatic heterocycles. The minimum atomic E-state index is -0.524. The molecule has 0 aliphatic carbocycles. The van der Waals surface area contributed by atoms with Crippen LogP contribution >= 0.6 is 11.3 Å². The third-order valence-corrected chi connectivity index (χ3v) is 5.89. The normalized spacial score (nSPS) is 16.7. The molecule has 1 saturated heterocycles. The molecule has 1 aliphatic rings. The summed E-state index contributed by atoms with van der Waals surface area (Å²) in [6.45, 7) is 0.919. The van der Waals surface area contributed by atoms with Gasteiger partial charge in [-0.3, -0.25) is 14.6 Å². The molecule has 0 bridgehead atoms. The molecule has 0 saturated carbocycles. The van der Waals surface area contributed by atoms with Crippen LogP contribution in [0.15, 0.2) is 36.7 Å². The molecule has 3 heterocycles. The number of aromatic nitrogens is 2. The largest absolute Gasteiger partial charge is 0.354 e. The molecule has 1 fully saturated rings. The number of halogens is 1. The predicted molar refractivity (Wildman–Crippen MR) is 100 cm³/mol. The quantitative estimate of drug-likeness (QED) is 0.754. The monoisotopic (exact) mass is 384 g/mol. The number of amides is 2. The molecule has 138 valence electrons. The van der Waals surface area contributed by atoms with E-state index in [0.717, 1.165) is 5.56 Å². The Morgan fingerprint density at radius 2 is 2.04 bits per heavy atom. The molecule has 2 amide bonds. The number of benzene rings is 1. The molecule has 0 radical (unpaired) electrons. The van der Waals surface area contributed by atoms with Gasteiger partial charge in [-0.05, 0) is 18.6 Å². The average Bonchev–Trinajstić information content (AvgIpc) is 3.31. The maximum atomic E-state index is 14.0. The van der Waals surface area contributed by atoms with E-state index in [2.05, 4.69) is 15.3 Å². The van der Waals surface area contributed by atoms with Crippen molar-refractivity contribution in [2.24, 2.45) is 0 Å². The molecule has 27 heavy (non-hydrogen) atoms. The van der Waals surface area contributed by atoms with Gasteiger partial charge >= 0.3 is 0 Å². The van der Waals surface area contributed by atoms with E-state index in [0.29, 0.717) is 34.7 Å². The number of carbonyl (C=O) groups is 2. The highest BCUT2D eigenvalue weighted by molar-refractivity contribution is 7.20. The van der Waals surface area contributed by atoms with Crippen LogP contribution in [0.25, 0.3) is 10.3 Å². The van der Waals surface area contributed by atoms with Crippen molar-refractivity contribution in [3.63, 3.8) is 0 Å². The average molecular weight is 384 g/mol. The molecule has 2 aromatic heterocycles. The minimum Gasteiger partial charge on any atom is -0.354 e. The maximum absolute atomic E-state index is 14.0. The summed E-state index contributed by atoms with van der Waals surface area (Å²) in [7, 11) is 1.58. The highest BCUT2D eigenvalue weighted by atomic mass is 32.1. The third-order valence-electron chi connectivity index (χ3n) is 4.78. The van der Waals surface area contributed by atoms with Gasteiger partial charge in [-0.15, -0.1) is 11.3 Å². The molecule has 1 atom stereocenters. The molecule has 1 N–H and O–H groups in total. The van der Waals surface area contributed by atoms with Gasteiger partial charge in [0.05, 0.1) is 10.4 Å². The Labute approximate surface area is 159 Å². The Morgan fingerprint density at radius 1 is 1.26 bits per heavy atom. The van der Waals surface area contributed by atoms with Crippen molar-refractivity contribution < 1.29 is 14.0 Å². The summed E-state index contributed by atoms with van der Waals surface area (Å²) in [5, 5.41) is 2.66. The fraction of sp³-hybridized carbons (Fsp3) is 0.263. The van der Waals surface area contributed by atoms with Crippen LogP contribution in [0.5, 0.6) is 0 Å². The van der Waals surface area contributed by atoms with Crippen LogP contribution in [-0.2, 0) is 0 Å². The van der Waals surface area contributed by atoms with E-state index in [4.69, 9.17) is 0 Å². The summed E-state index contributed by atoms with van der Waals surface area (Å²) < 4.78 is 14.0. The topological polar surface area (TPSA) is 75.2 Å². The lowest BCUT2D eigenvalue weighted by Crippen LogP contribution is -2.29. The van der Waals surface area contributed by atoms with Gasteiger partial charge in [0.15, 0.2) is 0 Å². The van der Waals surface area contributed by atoms with Gasteiger partial charge in [0.2, 0.25) is 0 Å². The summed E-state index contributed by atoms with van der Waals surface area (Å²) in [5.74, 6) is -1.08. The van der Waals surface area contributed by atoms with Crippen LogP contribution in [0.3, 0.4) is 0 Å². The highest BCUT2D eigenvalue weighted by Gasteiger charge is 2.34. The number of hydrogen-bond acceptors (Lipinski definition) is 5. The number of carbonyl (C=O) groups excluding carboxylic acids is 2. The standard InChI is InChI=1S/C19H17FN4O2S/c1-21-17(25)16-14(15-18(27-16)23-8-7-22-15)11-6-9-24(10-11)19(26)12-4-2-3-5-13(12)20/h2-5,7-8,11H,6,9-10H2,1H3,(H,21,25). The van der Waals surface area contributed by atoms with Gasteiger partial charge in [-0.25, -0.2) is 9.37 Å². The van der Waals surface area contributed by atoms with Crippen molar-refractivity contribution in [3.8, 4) is 0 Å². The summed E-state index contributed by atoms with van der Waals surface area (Å²) >= 11 is 1.30. The van der Waals surface area contributed by atoms with Crippen molar-refractivity contribution in [1.82, 2.24) is 20.2 Å². The Hall–Kier alpha value is -2.87. The second-order valence-corrected chi connectivity index (χ2v) is 7.35. The zero-order valence-electron chi connectivity index (χ0n) is 14.6. The van der Waals surface area contributed by atoms with Crippen LogP contribution in [0.2, 0.25) is 0 Å². The van der Waals surface area contributed by atoms with Gasteiger partial charge < -0.3 is 10.2 Å². The van der Waals surface area contributed by atoms with Crippen molar-refractivity contribution in [3.05, 3.63) is 58.5 Å². The van der Waals surface area contributed by atoms with Crippen molar-refractivity contribution in [2.75, 3.05) is 20.1 Å². The second-order valence-electron chi connectivity index (χ2n) is 6.35. The first kappa shape index (κ1) is 17.5. The summed E-state index contributed by atoms with van der Waals surface area (Å²) in [4.78, 5) is 36.7. The molecule has 0 spiro atoms. The lowest BCUT2D eigenvalue weighted by molar-refractivity contribution is 0.0786. The zero-order valence-corrected chi connectivity index (χ0v) is 15.4. The molecule has 8 heteroatoms. The maximum Gasteiger partial charge on any atom is 0.261 e. The van der Waals surface area contributed by atoms with Crippen molar-refractivity contribution in [1.29, 1.82) is 0 Å². The van der Waals surface area contributed by atoms with Crippen molar-refractivity contribution in [2.45, 2.75) is 12.3 Å². The van der Waals surface area contributed by atoms with Gasteiger partial charge in [0.1, 0.15) is 16.2 Å². The van der Waals surface area contributed by atoms with Crippen molar-refractivity contribution >= 4 is 33.5 Å².